The van der Waals surface area contributed by atoms with Gasteiger partial charge in [0.05, 0.1) is 6.61 Å². The van der Waals surface area contributed by atoms with Crippen molar-refractivity contribution in [2.75, 3.05) is 6.61 Å². The molecule has 0 bridgehead atoms. The third-order valence-electron chi connectivity index (χ3n) is 2.49. The molecule has 1 aromatic carbocycles. The molecular weight excluding hydrogens is 192 g/mol. The van der Waals surface area contributed by atoms with E-state index < -0.39 is 0 Å². The Morgan fingerprint density at radius 1 is 1.47 bits per heavy atom. The maximum absolute atomic E-state index is 11.4. The van der Waals surface area contributed by atoms with Gasteiger partial charge in [-0.15, -0.1) is 0 Å². The number of hydrogen-bond acceptors (Lipinski definition) is 3. The summed E-state index contributed by atoms with van der Waals surface area (Å²) in [5, 5.41) is 8.92. The van der Waals surface area contributed by atoms with Crippen molar-refractivity contribution in [3.63, 3.8) is 0 Å². The normalized spacial score (nSPS) is 15.0. The first-order valence-corrected chi connectivity index (χ1v) is 5.15. The van der Waals surface area contributed by atoms with Crippen LogP contribution in [-0.4, -0.2) is 17.5 Å². The number of ketones is 1. The maximum atomic E-state index is 11.4. The number of Topliss-reactive ketones (excluding diaryl/α,β-unsaturated/α-hetero) is 1. The summed E-state index contributed by atoms with van der Waals surface area (Å²) < 4.78 is 5.35. The lowest BCUT2D eigenvalue weighted by atomic mass is 10.2. The molecule has 0 radical (unpaired) electrons. The molecule has 0 aliphatic heterocycles. The number of rotatable bonds is 5. The molecule has 2 rings (SSSR count). The fourth-order valence-corrected chi connectivity index (χ4v) is 1.41. The van der Waals surface area contributed by atoms with E-state index in [0.29, 0.717) is 5.75 Å². The number of hydrogen-bond donors (Lipinski definition) is 1. The van der Waals surface area contributed by atoms with E-state index in [1.54, 1.807) is 12.1 Å². The molecule has 1 aliphatic rings. The van der Waals surface area contributed by atoms with E-state index in [0.717, 1.165) is 18.4 Å². The van der Waals surface area contributed by atoms with E-state index in [1.807, 2.05) is 12.1 Å². The molecular formula is C12H14O3. The highest BCUT2D eigenvalue weighted by molar-refractivity contribution is 5.84. The largest absolute Gasteiger partial charge is 0.486 e. The Labute approximate surface area is 88.7 Å². The minimum absolute atomic E-state index is 0.00618. The number of aliphatic hydroxyl groups is 1. The van der Waals surface area contributed by atoms with Gasteiger partial charge in [-0.2, -0.15) is 0 Å². The van der Waals surface area contributed by atoms with Crippen LogP contribution in [0, 0.1) is 5.92 Å². The topological polar surface area (TPSA) is 46.5 Å². The molecule has 1 saturated carbocycles. The Balaban J connectivity index is 1.89. The van der Waals surface area contributed by atoms with Crippen LogP contribution in [0.25, 0.3) is 0 Å². The zero-order valence-electron chi connectivity index (χ0n) is 8.48. The third-order valence-corrected chi connectivity index (χ3v) is 2.49. The van der Waals surface area contributed by atoms with E-state index >= 15 is 0 Å². The van der Waals surface area contributed by atoms with Gasteiger partial charge in [-0.3, -0.25) is 4.79 Å². The molecule has 80 valence electrons. The fraction of sp³-hybridized carbons (Fsp3) is 0.417. The van der Waals surface area contributed by atoms with Crippen molar-refractivity contribution in [1.29, 1.82) is 0 Å². The zero-order valence-corrected chi connectivity index (χ0v) is 8.48. The van der Waals surface area contributed by atoms with Gasteiger partial charge < -0.3 is 9.84 Å². The van der Waals surface area contributed by atoms with Crippen LogP contribution in [-0.2, 0) is 11.4 Å². The minimum atomic E-state index is -0.00618. The van der Waals surface area contributed by atoms with Crippen molar-refractivity contribution in [3.05, 3.63) is 29.8 Å². The van der Waals surface area contributed by atoms with Crippen molar-refractivity contribution in [3.8, 4) is 5.75 Å². The summed E-state index contributed by atoms with van der Waals surface area (Å²) in [6, 6.07) is 7.16. The first-order valence-electron chi connectivity index (χ1n) is 5.15. The Bertz CT molecular complexity index is 356. The molecule has 15 heavy (non-hydrogen) atoms. The lowest BCUT2D eigenvalue weighted by molar-refractivity contribution is -0.122. The van der Waals surface area contributed by atoms with E-state index in [2.05, 4.69) is 0 Å². The van der Waals surface area contributed by atoms with Crippen LogP contribution in [0.5, 0.6) is 5.75 Å². The van der Waals surface area contributed by atoms with Crippen molar-refractivity contribution in [1.82, 2.24) is 0 Å². The molecule has 1 fully saturated rings. The number of carbonyl (C=O) groups excluding carboxylic acids is 1. The van der Waals surface area contributed by atoms with Crippen LogP contribution in [0.1, 0.15) is 18.4 Å². The summed E-state index contributed by atoms with van der Waals surface area (Å²) in [6.07, 6.45) is 2.03. The van der Waals surface area contributed by atoms with Gasteiger partial charge in [0.1, 0.15) is 12.4 Å². The highest BCUT2D eigenvalue weighted by atomic mass is 16.5. The summed E-state index contributed by atoms with van der Waals surface area (Å²) in [5.74, 6) is 1.07. The first kappa shape index (κ1) is 10.2. The van der Waals surface area contributed by atoms with Crippen LogP contribution in [0.4, 0.5) is 0 Å². The van der Waals surface area contributed by atoms with E-state index in [9.17, 15) is 4.79 Å². The van der Waals surface area contributed by atoms with Gasteiger partial charge >= 0.3 is 0 Å². The van der Waals surface area contributed by atoms with Crippen LogP contribution < -0.4 is 4.74 Å². The monoisotopic (exact) mass is 206 g/mol. The molecule has 1 N–H and O–H groups in total. The first-order chi connectivity index (χ1) is 7.29. The predicted molar refractivity (Wildman–Crippen MR) is 55.6 cm³/mol. The van der Waals surface area contributed by atoms with Crippen LogP contribution >= 0.6 is 0 Å². The summed E-state index contributed by atoms with van der Waals surface area (Å²) in [4.78, 5) is 11.4. The average molecular weight is 206 g/mol. The molecule has 0 aromatic heterocycles. The highest BCUT2D eigenvalue weighted by Gasteiger charge is 2.29. The van der Waals surface area contributed by atoms with Crippen molar-refractivity contribution in [2.45, 2.75) is 19.4 Å². The second-order valence-corrected chi connectivity index (χ2v) is 3.83. The van der Waals surface area contributed by atoms with Gasteiger partial charge in [-0.1, -0.05) is 12.1 Å². The van der Waals surface area contributed by atoms with E-state index in [-0.39, 0.29) is 24.9 Å². The number of benzene rings is 1. The molecule has 0 unspecified atom stereocenters. The Hall–Kier alpha value is -1.35. The lowest BCUT2D eigenvalue weighted by Gasteiger charge is -2.05. The maximum Gasteiger partial charge on any atom is 0.173 e. The van der Waals surface area contributed by atoms with Crippen LogP contribution in [0.3, 0.4) is 0 Å². The van der Waals surface area contributed by atoms with Gasteiger partial charge in [0.2, 0.25) is 0 Å². The van der Waals surface area contributed by atoms with Gasteiger partial charge in [0.25, 0.3) is 0 Å². The Kier molecular flexibility index (Phi) is 3.02. The predicted octanol–water partition coefficient (Wildman–Crippen LogP) is 1.54. The smallest absolute Gasteiger partial charge is 0.173 e. The summed E-state index contributed by atoms with van der Waals surface area (Å²) in [5.41, 5.74) is 0.798. The second-order valence-electron chi connectivity index (χ2n) is 3.83. The Morgan fingerprint density at radius 3 is 2.93 bits per heavy atom. The molecule has 3 nitrogen and oxygen atoms in total. The van der Waals surface area contributed by atoms with Gasteiger partial charge in [-0.05, 0) is 30.5 Å². The summed E-state index contributed by atoms with van der Waals surface area (Å²) in [6.45, 7) is 0.146. The molecule has 0 spiro atoms. The number of ether oxygens (including phenoxy) is 1. The lowest BCUT2D eigenvalue weighted by Crippen LogP contribution is -2.12. The summed E-state index contributed by atoms with van der Waals surface area (Å²) in [7, 11) is 0. The molecule has 1 aromatic rings. The zero-order chi connectivity index (χ0) is 10.7. The molecule has 0 atom stereocenters. The van der Waals surface area contributed by atoms with Gasteiger partial charge in [-0.25, -0.2) is 0 Å². The number of carbonyl (C=O) groups is 1. The fourth-order valence-electron chi connectivity index (χ4n) is 1.41. The average Bonchev–Trinajstić information content (AvgIpc) is 3.10. The molecule has 0 amide bonds. The van der Waals surface area contributed by atoms with E-state index in [1.165, 1.54) is 0 Å². The Morgan fingerprint density at radius 2 is 2.27 bits per heavy atom. The van der Waals surface area contributed by atoms with Crippen molar-refractivity contribution < 1.29 is 14.6 Å². The third kappa shape index (κ3) is 2.80. The van der Waals surface area contributed by atoms with Crippen LogP contribution in [0.2, 0.25) is 0 Å². The quantitative estimate of drug-likeness (QED) is 0.794. The molecule has 0 saturated heterocycles. The minimum Gasteiger partial charge on any atom is -0.486 e. The SMILES string of the molecule is O=C(COc1cccc(CO)c1)C1CC1. The van der Waals surface area contributed by atoms with Gasteiger partial charge in [0.15, 0.2) is 5.78 Å². The molecule has 3 heteroatoms. The standard InChI is InChI=1S/C12H14O3/c13-7-9-2-1-3-11(6-9)15-8-12(14)10-4-5-10/h1-3,6,10,13H,4-5,7-8H2. The molecule has 0 heterocycles. The molecule has 1 aliphatic carbocycles. The highest BCUT2D eigenvalue weighted by Crippen LogP contribution is 2.29. The van der Waals surface area contributed by atoms with E-state index in [4.69, 9.17) is 9.84 Å². The second kappa shape index (κ2) is 4.45. The van der Waals surface area contributed by atoms with Crippen LogP contribution in [0.15, 0.2) is 24.3 Å². The summed E-state index contributed by atoms with van der Waals surface area (Å²) >= 11 is 0. The van der Waals surface area contributed by atoms with Crippen molar-refractivity contribution >= 4 is 5.78 Å². The van der Waals surface area contributed by atoms with Gasteiger partial charge in [0, 0.05) is 5.92 Å². The van der Waals surface area contributed by atoms with Crippen molar-refractivity contribution in [2.24, 2.45) is 5.92 Å². The number of aliphatic hydroxyl groups excluding tert-OH is 1.